The van der Waals surface area contributed by atoms with Crippen molar-refractivity contribution in [3.63, 3.8) is 0 Å². The highest BCUT2D eigenvalue weighted by Gasteiger charge is 2.37. The van der Waals surface area contributed by atoms with Crippen LogP contribution in [0, 0.1) is 6.92 Å². The van der Waals surface area contributed by atoms with Crippen molar-refractivity contribution in [3.8, 4) is 0 Å². The van der Waals surface area contributed by atoms with Gasteiger partial charge in [0, 0.05) is 18.8 Å². The number of rotatable bonds is 1. The Balaban J connectivity index is 2.11. The van der Waals surface area contributed by atoms with Crippen molar-refractivity contribution in [3.05, 3.63) is 23.9 Å². The number of pyridine rings is 1. The van der Waals surface area contributed by atoms with Crippen LogP contribution in [-0.4, -0.2) is 28.8 Å². The van der Waals surface area contributed by atoms with Crippen LogP contribution < -0.4 is 4.90 Å². The van der Waals surface area contributed by atoms with Crippen molar-refractivity contribution in [2.75, 3.05) is 18.0 Å². The number of hydrogen-bond acceptors (Lipinski definition) is 3. The minimum atomic E-state index is -0.522. The molecule has 0 aromatic carbocycles. The average molecular weight is 178 g/mol. The second-order valence-corrected chi connectivity index (χ2v) is 3.99. The predicted octanol–water partition coefficient (Wildman–Crippen LogP) is 0.961. The lowest BCUT2D eigenvalue weighted by Gasteiger charge is -2.45. The Kier molecular flexibility index (Phi) is 1.77. The van der Waals surface area contributed by atoms with Crippen LogP contribution in [0.15, 0.2) is 18.2 Å². The normalized spacial score (nSPS) is 19.8. The Bertz CT molecular complexity index is 314. The summed E-state index contributed by atoms with van der Waals surface area (Å²) in [7, 11) is 0. The summed E-state index contributed by atoms with van der Waals surface area (Å²) in [6, 6.07) is 5.94. The summed E-state index contributed by atoms with van der Waals surface area (Å²) in [5.41, 5.74) is 0.495. The average Bonchev–Trinajstić information content (AvgIpc) is 2.00. The van der Waals surface area contributed by atoms with Gasteiger partial charge in [-0.3, -0.25) is 0 Å². The topological polar surface area (TPSA) is 36.4 Å². The van der Waals surface area contributed by atoms with Crippen LogP contribution in [0.5, 0.6) is 0 Å². The van der Waals surface area contributed by atoms with E-state index in [1.165, 1.54) is 0 Å². The van der Waals surface area contributed by atoms with Gasteiger partial charge in [0.25, 0.3) is 0 Å². The molecular weight excluding hydrogens is 164 g/mol. The lowest BCUT2D eigenvalue weighted by Crippen LogP contribution is -2.60. The molecule has 70 valence electrons. The molecule has 0 aliphatic carbocycles. The molecule has 1 aromatic rings. The van der Waals surface area contributed by atoms with E-state index in [9.17, 15) is 5.11 Å². The number of aryl methyl sites for hydroxylation is 1. The molecule has 1 aromatic heterocycles. The van der Waals surface area contributed by atoms with Crippen molar-refractivity contribution in [1.29, 1.82) is 0 Å². The molecule has 0 radical (unpaired) electrons. The van der Waals surface area contributed by atoms with E-state index in [-0.39, 0.29) is 0 Å². The van der Waals surface area contributed by atoms with Gasteiger partial charge >= 0.3 is 0 Å². The van der Waals surface area contributed by atoms with E-state index in [0.29, 0.717) is 13.1 Å². The van der Waals surface area contributed by atoms with Crippen molar-refractivity contribution < 1.29 is 5.11 Å². The lowest BCUT2D eigenvalue weighted by molar-refractivity contribution is 0.0305. The number of hydrogen-bond donors (Lipinski definition) is 1. The Morgan fingerprint density at radius 3 is 2.69 bits per heavy atom. The molecule has 2 rings (SSSR count). The fourth-order valence-electron chi connectivity index (χ4n) is 1.64. The summed E-state index contributed by atoms with van der Waals surface area (Å²) in [6.07, 6.45) is 0. The largest absolute Gasteiger partial charge is 0.386 e. The minimum absolute atomic E-state index is 0.522. The SMILES string of the molecule is Cc1cccc(N2CC(C)(O)C2)n1. The summed E-state index contributed by atoms with van der Waals surface area (Å²) in [5.74, 6) is 0.964. The van der Waals surface area contributed by atoms with Crippen molar-refractivity contribution in [2.24, 2.45) is 0 Å². The molecule has 0 unspecified atom stereocenters. The van der Waals surface area contributed by atoms with E-state index in [4.69, 9.17) is 0 Å². The number of β-amino-alcohol motifs (C(OH)–C–C–N with tert-alkyl or cyclic N) is 1. The van der Waals surface area contributed by atoms with E-state index in [1.807, 2.05) is 32.0 Å². The second-order valence-electron chi connectivity index (χ2n) is 3.99. The Morgan fingerprint density at radius 1 is 1.46 bits per heavy atom. The molecule has 0 atom stereocenters. The Morgan fingerprint density at radius 2 is 2.15 bits per heavy atom. The number of anilines is 1. The molecule has 2 heterocycles. The molecule has 0 amide bonds. The zero-order valence-electron chi connectivity index (χ0n) is 7.99. The van der Waals surface area contributed by atoms with Crippen LogP contribution >= 0.6 is 0 Å². The molecule has 0 saturated carbocycles. The fraction of sp³-hybridized carbons (Fsp3) is 0.500. The van der Waals surface area contributed by atoms with Gasteiger partial charge in [-0.05, 0) is 26.0 Å². The minimum Gasteiger partial charge on any atom is -0.386 e. The molecule has 13 heavy (non-hydrogen) atoms. The number of aromatic nitrogens is 1. The first kappa shape index (κ1) is 8.51. The third-order valence-electron chi connectivity index (χ3n) is 2.26. The molecule has 1 saturated heterocycles. The van der Waals surface area contributed by atoms with Gasteiger partial charge in [-0.25, -0.2) is 4.98 Å². The summed E-state index contributed by atoms with van der Waals surface area (Å²) < 4.78 is 0. The highest BCUT2D eigenvalue weighted by molar-refractivity contribution is 5.43. The first-order chi connectivity index (χ1) is 6.07. The molecule has 3 nitrogen and oxygen atoms in total. The summed E-state index contributed by atoms with van der Waals surface area (Å²) in [6.45, 7) is 5.19. The first-order valence-electron chi connectivity index (χ1n) is 4.48. The van der Waals surface area contributed by atoms with Gasteiger partial charge in [0.05, 0.1) is 5.60 Å². The maximum atomic E-state index is 9.54. The molecule has 1 aliphatic rings. The third kappa shape index (κ3) is 1.65. The van der Waals surface area contributed by atoms with Gasteiger partial charge in [0.1, 0.15) is 5.82 Å². The summed E-state index contributed by atoms with van der Waals surface area (Å²) in [4.78, 5) is 6.45. The van der Waals surface area contributed by atoms with Crippen LogP contribution in [0.4, 0.5) is 5.82 Å². The molecule has 1 aliphatic heterocycles. The van der Waals surface area contributed by atoms with E-state index in [2.05, 4.69) is 9.88 Å². The van der Waals surface area contributed by atoms with E-state index in [0.717, 1.165) is 11.5 Å². The zero-order chi connectivity index (χ0) is 9.47. The third-order valence-corrected chi connectivity index (χ3v) is 2.26. The van der Waals surface area contributed by atoms with Crippen LogP contribution in [0.2, 0.25) is 0 Å². The van der Waals surface area contributed by atoms with E-state index >= 15 is 0 Å². The van der Waals surface area contributed by atoms with Gasteiger partial charge in [0.15, 0.2) is 0 Å². The van der Waals surface area contributed by atoms with Crippen molar-refractivity contribution in [2.45, 2.75) is 19.4 Å². The van der Waals surface area contributed by atoms with E-state index in [1.54, 1.807) is 0 Å². The monoisotopic (exact) mass is 178 g/mol. The molecule has 1 fully saturated rings. The zero-order valence-corrected chi connectivity index (χ0v) is 7.99. The second kappa shape index (κ2) is 2.70. The van der Waals surface area contributed by atoms with Crippen LogP contribution in [-0.2, 0) is 0 Å². The van der Waals surface area contributed by atoms with Crippen LogP contribution in [0.3, 0.4) is 0 Å². The predicted molar refractivity (Wildman–Crippen MR) is 51.8 cm³/mol. The Labute approximate surface area is 78.0 Å². The summed E-state index contributed by atoms with van der Waals surface area (Å²) in [5, 5.41) is 9.54. The molecule has 0 bridgehead atoms. The van der Waals surface area contributed by atoms with Crippen LogP contribution in [0.1, 0.15) is 12.6 Å². The fourth-order valence-corrected chi connectivity index (χ4v) is 1.64. The van der Waals surface area contributed by atoms with Crippen molar-refractivity contribution in [1.82, 2.24) is 4.98 Å². The molecular formula is C10H14N2O. The maximum Gasteiger partial charge on any atom is 0.128 e. The first-order valence-corrected chi connectivity index (χ1v) is 4.48. The highest BCUT2D eigenvalue weighted by Crippen LogP contribution is 2.25. The standard InChI is InChI=1S/C10H14N2O/c1-8-4-3-5-9(11-8)12-6-10(2,13)7-12/h3-5,13H,6-7H2,1-2H3. The molecule has 0 spiro atoms. The Hall–Kier alpha value is -1.09. The summed E-state index contributed by atoms with van der Waals surface area (Å²) >= 11 is 0. The van der Waals surface area contributed by atoms with Gasteiger partial charge < -0.3 is 10.0 Å². The highest BCUT2D eigenvalue weighted by atomic mass is 16.3. The smallest absolute Gasteiger partial charge is 0.128 e. The van der Waals surface area contributed by atoms with Crippen molar-refractivity contribution >= 4 is 5.82 Å². The van der Waals surface area contributed by atoms with Gasteiger partial charge in [-0.15, -0.1) is 0 Å². The lowest BCUT2D eigenvalue weighted by atomic mass is 9.97. The molecule has 1 N–H and O–H groups in total. The van der Waals surface area contributed by atoms with Crippen LogP contribution in [0.25, 0.3) is 0 Å². The van der Waals surface area contributed by atoms with Gasteiger partial charge in [0.2, 0.25) is 0 Å². The number of nitrogens with zero attached hydrogens (tertiary/aromatic N) is 2. The quantitative estimate of drug-likeness (QED) is 0.696. The maximum absolute atomic E-state index is 9.54. The van der Waals surface area contributed by atoms with E-state index < -0.39 is 5.60 Å². The van der Waals surface area contributed by atoms with Gasteiger partial charge in [-0.2, -0.15) is 0 Å². The van der Waals surface area contributed by atoms with Gasteiger partial charge in [-0.1, -0.05) is 6.07 Å². The molecule has 3 heteroatoms. The number of aliphatic hydroxyl groups is 1.